The molecule has 0 atom stereocenters. The van der Waals surface area contributed by atoms with Crippen LogP contribution in [-0.4, -0.2) is 25.2 Å². The van der Waals surface area contributed by atoms with E-state index in [1.807, 2.05) is 0 Å². The first kappa shape index (κ1) is 44.8. The van der Waals surface area contributed by atoms with Gasteiger partial charge in [-0.05, 0) is 74.6 Å². The standard InChI is InChI=1S/2C18H15P.C7H14N.BF4.Pt/c2*1-4-10-16(11-5-1)19(17-12-6-2-7-13-17)18-14-8-3-9-15-18;1-5-8(6-2)7(3)4;2-1(3,4)5;/h2*1-15H;3-6H2,1-2H3;;/q;;;-1;+2. The fraction of sp³-hybridized carbons (Fsp3) is 0.0930. The van der Waals surface area contributed by atoms with Crippen LogP contribution >= 0.6 is 15.8 Å². The summed E-state index contributed by atoms with van der Waals surface area (Å²) >= 11 is 0. The fourth-order valence-electron chi connectivity index (χ4n) is 5.03. The van der Waals surface area contributed by atoms with E-state index in [0.29, 0.717) is 0 Å². The molecule has 0 unspecified atom stereocenters. The zero-order valence-electron chi connectivity index (χ0n) is 29.4. The van der Waals surface area contributed by atoms with E-state index in [2.05, 4.69) is 215 Å². The van der Waals surface area contributed by atoms with Crippen molar-refractivity contribution in [3.8, 4) is 0 Å². The quantitative estimate of drug-likeness (QED) is 0.0794. The molecule has 0 aliphatic carbocycles. The van der Waals surface area contributed by atoms with Crippen molar-refractivity contribution >= 4 is 54.9 Å². The third-order valence-corrected chi connectivity index (χ3v) is 12.2. The monoisotopic (exact) mass is 918 g/mol. The molecule has 0 amide bonds. The molecule has 0 bridgehead atoms. The maximum atomic E-state index is 9.75. The summed E-state index contributed by atoms with van der Waals surface area (Å²) < 4.78 is 39.0. The Balaban J connectivity index is 0.000000268. The van der Waals surface area contributed by atoms with Gasteiger partial charge >= 0.3 is 28.3 Å². The zero-order valence-corrected chi connectivity index (χ0v) is 33.5. The Labute approximate surface area is 325 Å². The number of benzene rings is 6. The Hall–Kier alpha value is -3.39. The fourth-order valence-corrected chi connectivity index (χ4v) is 9.64. The van der Waals surface area contributed by atoms with Crippen molar-refractivity contribution in [1.29, 1.82) is 0 Å². The van der Waals surface area contributed by atoms with Gasteiger partial charge in [0.25, 0.3) is 0 Å². The van der Waals surface area contributed by atoms with E-state index in [1.165, 1.54) is 31.8 Å². The predicted octanol–water partition coefficient (Wildman–Crippen LogP) is 9.72. The van der Waals surface area contributed by atoms with Crippen LogP contribution in [-0.2, 0) is 21.1 Å². The topological polar surface area (TPSA) is 3.24 Å². The van der Waals surface area contributed by atoms with Crippen molar-refractivity contribution in [2.24, 2.45) is 0 Å². The average molecular weight is 919 g/mol. The van der Waals surface area contributed by atoms with Crippen molar-refractivity contribution in [1.82, 2.24) is 4.90 Å². The van der Waals surface area contributed by atoms with Gasteiger partial charge in [0.05, 0.1) is 0 Å². The minimum absolute atomic E-state index is 0. The summed E-state index contributed by atoms with van der Waals surface area (Å²) in [5, 5.41) is 8.39. The molecule has 9 heteroatoms. The molecule has 271 valence electrons. The molecule has 1 nitrogen and oxygen atoms in total. The molecule has 0 aliphatic rings. The molecule has 0 fully saturated rings. The third kappa shape index (κ3) is 16.5. The molecule has 6 aromatic carbocycles. The molecule has 0 saturated carbocycles. The Kier molecular flexibility index (Phi) is 21.3. The normalized spacial score (nSPS) is 10.6. The number of halogens is 4. The first-order chi connectivity index (χ1) is 24.6. The molecule has 0 aromatic heterocycles. The Morgan fingerprint density at radius 3 is 0.673 bits per heavy atom. The molecule has 0 spiro atoms. The van der Waals surface area contributed by atoms with Crippen LogP contribution in [0.2, 0.25) is 0 Å². The van der Waals surface area contributed by atoms with E-state index in [9.17, 15) is 17.3 Å². The molecule has 0 N–H and O–H groups in total. The van der Waals surface area contributed by atoms with Gasteiger partial charge in [-0.2, -0.15) is 0 Å². The van der Waals surface area contributed by atoms with E-state index in [0.717, 1.165) is 19.1 Å². The van der Waals surface area contributed by atoms with Crippen LogP contribution in [0.15, 0.2) is 182 Å². The number of hydrogen-bond acceptors (Lipinski definition) is 1. The molecule has 6 aromatic rings. The second-order valence-corrected chi connectivity index (χ2v) is 15.4. The van der Waals surface area contributed by atoms with Gasteiger partial charge in [0.2, 0.25) is 0 Å². The molecule has 6 rings (SSSR count). The Morgan fingerprint density at radius 2 is 0.577 bits per heavy atom. The van der Waals surface area contributed by atoms with Gasteiger partial charge in [0.1, 0.15) is 0 Å². The van der Waals surface area contributed by atoms with E-state index in [1.54, 1.807) is 0 Å². The zero-order chi connectivity index (χ0) is 36.9. The molecule has 0 saturated heterocycles. The van der Waals surface area contributed by atoms with Crippen molar-refractivity contribution < 1.29 is 38.3 Å². The summed E-state index contributed by atoms with van der Waals surface area (Å²) in [5.74, 6) is 0. The van der Waals surface area contributed by atoms with Crippen molar-refractivity contribution in [3.05, 3.63) is 202 Å². The molecule has 3 radical (unpaired) electrons. The minimum atomic E-state index is -6.00. The van der Waals surface area contributed by atoms with E-state index >= 15 is 0 Å². The molecule has 52 heavy (non-hydrogen) atoms. The number of rotatable bonds is 9. The maximum Gasteiger partial charge on any atom is 2.00 e. The Bertz CT molecular complexity index is 1420. The summed E-state index contributed by atoms with van der Waals surface area (Å²) in [5.41, 5.74) is 0. The second-order valence-electron chi connectivity index (χ2n) is 10.9. The molecule has 0 aliphatic heterocycles. The van der Waals surface area contributed by atoms with Gasteiger partial charge in [-0.1, -0.05) is 196 Å². The van der Waals surface area contributed by atoms with Gasteiger partial charge in [0, 0.05) is 6.04 Å². The molecular formula is C43H44BF4NP2Pt+. The van der Waals surface area contributed by atoms with Crippen LogP contribution in [0.1, 0.15) is 13.8 Å². The third-order valence-electron chi connectivity index (χ3n) is 7.30. The van der Waals surface area contributed by atoms with Gasteiger partial charge < -0.3 is 17.3 Å². The smallest absolute Gasteiger partial charge is 0.418 e. The van der Waals surface area contributed by atoms with Crippen molar-refractivity contribution in [2.45, 2.75) is 13.8 Å². The summed E-state index contributed by atoms with van der Waals surface area (Å²) in [7, 11) is -6.89. The minimum Gasteiger partial charge on any atom is -0.418 e. The van der Waals surface area contributed by atoms with Crippen LogP contribution in [0.25, 0.3) is 0 Å². The Morgan fingerprint density at radius 1 is 0.423 bits per heavy atom. The van der Waals surface area contributed by atoms with Gasteiger partial charge in [-0.3, -0.25) is 4.90 Å². The molecular weight excluding hydrogens is 874 g/mol. The SMILES string of the molecule is F[B-](F)(F)F.[CH2][C]([CH2])N(CC)CC.[Pt+2].c1ccc(P(c2ccccc2)c2ccccc2)cc1.c1ccc(P(c2ccccc2)c2ccccc2)cc1. The van der Waals surface area contributed by atoms with Gasteiger partial charge in [-0.25, -0.2) is 0 Å². The van der Waals surface area contributed by atoms with Crippen LogP contribution in [0.4, 0.5) is 17.3 Å². The predicted molar refractivity (Wildman–Crippen MR) is 217 cm³/mol. The maximum absolute atomic E-state index is 9.75. The van der Waals surface area contributed by atoms with Gasteiger partial charge in [0.15, 0.2) is 0 Å². The first-order valence-corrected chi connectivity index (χ1v) is 19.3. The van der Waals surface area contributed by atoms with Crippen LogP contribution in [0.3, 0.4) is 0 Å². The van der Waals surface area contributed by atoms with E-state index < -0.39 is 23.1 Å². The molecule has 0 heterocycles. The van der Waals surface area contributed by atoms with Crippen molar-refractivity contribution in [3.63, 3.8) is 0 Å². The summed E-state index contributed by atoms with van der Waals surface area (Å²) in [6.07, 6.45) is 0. The number of hydrogen-bond donors (Lipinski definition) is 0. The first-order valence-electron chi connectivity index (χ1n) is 16.7. The largest absolute Gasteiger partial charge is 2.00 e. The van der Waals surface area contributed by atoms with Gasteiger partial charge in [-0.15, -0.1) is 0 Å². The van der Waals surface area contributed by atoms with Crippen LogP contribution in [0, 0.1) is 19.9 Å². The average Bonchev–Trinajstić information content (AvgIpc) is 3.15. The van der Waals surface area contributed by atoms with Crippen molar-refractivity contribution in [2.75, 3.05) is 13.1 Å². The van der Waals surface area contributed by atoms with E-state index in [4.69, 9.17) is 0 Å². The summed E-state index contributed by atoms with van der Waals surface area (Å²) in [4.78, 5) is 2.11. The van der Waals surface area contributed by atoms with E-state index in [-0.39, 0.29) is 21.1 Å². The number of nitrogens with zero attached hydrogens (tertiary/aromatic N) is 1. The summed E-state index contributed by atoms with van der Waals surface area (Å²) in [6.45, 7) is 13.6. The van der Waals surface area contributed by atoms with Crippen LogP contribution in [0.5, 0.6) is 0 Å². The van der Waals surface area contributed by atoms with Crippen LogP contribution < -0.4 is 31.8 Å². The summed E-state index contributed by atoms with van der Waals surface area (Å²) in [6, 6.07) is 65.6. The second kappa shape index (κ2) is 24.8.